The van der Waals surface area contributed by atoms with Crippen LogP contribution >= 0.6 is 0 Å². The van der Waals surface area contributed by atoms with E-state index in [0.717, 1.165) is 29.8 Å². The number of anilines is 4. The normalized spacial score (nSPS) is 22.5. The Morgan fingerprint density at radius 1 is 1.32 bits per heavy atom. The molecule has 2 aromatic heterocycles. The highest BCUT2D eigenvalue weighted by Crippen LogP contribution is 2.38. The molecule has 144 valence electrons. The van der Waals surface area contributed by atoms with Gasteiger partial charge in [-0.1, -0.05) is 6.07 Å². The van der Waals surface area contributed by atoms with Gasteiger partial charge in [0.25, 0.3) is 0 Å². The molecule has 0 atom stereocenters. The summed E-state index contributed by atoms with van der Waals surface area (Å²) in [7, 11) is 0. The first-order valence-corrected chi connectivity index (χ1v) is 9.36. The first kappa shape index (κ1) is 16.9. The number of hydrogen-bond acceptors (Lipinski definition) is 7. The zero-order valence-corrected chi connectivity index (χ0v) is 15.7. The lowest BCUT2D eigenvalue weighted by Gasteiger charge is -2.33. The Bertz CT molecular complexity index is 1080. The fraction of sp³-hybridized carbons (Fsp3) is 0.368. The summed E-state index contributed by atoms with van der Waals surface area (Å²) < 4.78 is 1.69. The molecule has 28 heavy (non-hydrogen) atoms. The number of fused-ring (bicyclic) bond motifs is 2. The molecule has 2 aliphatic rings. The molecule has 0 radical (unpaired) electrons. The lowest BCUT2D eigenvalue weighted by molar-refractivity contribution is -0.119. The molecule has 0 unspecified atom stereocenters. The molecule has 5 N–H and O–H groups in total. The fourth-order valence-corrected chi connectivity index (χ4v) is 3.75. The smallest absolute Gasteiger partial charge is 0.247 e. The number of aromatic nitrogens is 4. The van der Waals surface area contributed by atoms with Crippen LogP contribution < -0.4 is 21.7 Å². The molecular weight excluding hydrogens is 356 g/mol. The van der Waals surface area contributed by atoms with E-state index in [4.69, 9.17) is 5.73 Å². The topological polar surface area (TPSA) is 122 Å². The van der Waals surface area contributed by atoms with E-state index in [-0.39, 0.29) is 11.9 Å². The first-order chi connectivity index (χ1) is 13.4. The number of carbonyl (C=O) groups is 1. The Kier molecular flexibility index (Phi) is 3.57. The molecule has 1 aromatic carbocycles. The van der Waals surface area contributed by atoms with Gasteiger partial charge < -0.3 is 21.7 Å². The summed E-state index contributed by atoms with van der Waals surface area (Å²) in [6, 6.07) is 6.38. The third kappa shape index (κ3) is 2.66. The Balaban J connectivity index is 1.40. The van der Waals surface area contributed by atoms with Gasteiger partial charge in [0.05, 0.1) is 5.41 Å². The molecule has 0 saturated heterocycles. The maximum absolute atomic E-state index is 12.1. The van der Waals surface area contributed by atoms with Crippen LogP contribution in [-0.2, 0) is 10.2 Å². The maximum Gasteiger partial charge on any atom is 0.247 e. The van der Waals surface area contributed by atoms with Crippen molar-refractivity contribution in [3.05, 3.63) is 36.2 Å². The Morgan fingerprint density at radius 3 is 2.93 bits per heavy atom. The van der Waals surface area contributed by atoms with Crippen LogP contribution in [0.1, 0.15) is 32.3 Å². The van der Waals surface area contributed by atoms with E-state index in [1.165, 1.54) is 0 Å². The average molecular weight is 378 g/mol. The Labute approximate surface area is 161 Å². The number of benzene rings is 1. The summed E-state index contributed by atoms with van der Waals surface area (Å²) in [5.74, 6) is 1.16. The van der Waals surface area contributed by atoms with Crippen LogP contribution in [0.3, 0.4) is 0 Å². The van der Waals surface area contributed by atoms with Gasteiger partial charge in [-0.2, -0.15) is 4.98 Å². The van der Waals surface area contributed by atoms with Crippen molar-refractivity contribution >= 4 is 34.7 Å². The molecule has 1 saturated carbocycles. The highest BCUT2D eigenvalue weighted by atomic mass is 16.2. The predicted octanol–water partition coefficient (Wildman–Crippen LogP) is 2.00. The van der Waals surface area contributed by atoms with Crippen molar-refractivity contribution in [2.24, 2.45) is 5.73 Å². The van der Waals surface area contributed by atoms with Gasteiger partial charge in [0.2, 0.25) is 11.9 Å². The van der Waals surface area contributed by atoms with Gasteiger partial charge in [0.15, 0.2) is 11.5 Å². The molecule has 9 nitrogen and oxygen atoms in total. The Hall–Kier alpha value is -3.20. The van der Waals surface area contributed by atoms with Crippen LogP contribution in [0.2, 0.25) is 0 Å². The van der Waals surface area contributed by atoms with E-state index >= 15 is 0 Å². The van der Waals surface area contributed by atoms with E-state index in [1.807, 2.05) is 32.0 Å². The van der Waals surface area contributed by atoms with E-state index in [0.29, 0.717) is 23.5 Å². The van der Waals surface area contributed by atoms with Gasteiger partial charge in [-0.25, -0.2) is 9.50 Å². The fourth-order valence-electron chi connectivity index (χ4n) is 3.75. The molecule has 9 heteroatoms. The minimum atomic E-state index is -0.522. The molecule has 3 heterocycles. The zero-order valence-electron chi connectivity index (χ0n) is 15.7. The molecule has 0 bridgehead atoms. The number of nitrogens with two attached hydrogens (primary N) is 1. The lowest BCUT2D eigenvalue weighted by Crippen LogP contribution is -2.44. The van der Waals surface area contributed by atoms with Crippen molar-refractivity contribution in [2.45, 2.75) is 44.2 Å². The van der Waals surface area contributed by atoms with Crippen molar-refractivity contribution in [3.63, 3.8) is 0 Å². The van der Waals surface area contributed by atoms with Crippen LogP contribution in [0.15, 0.2) is 30.6 Å². The van der Waals surface area contributed by atoms with E-state index < -0.39 is 5.41 Å². The van der Waals surface area contributed by atoms with Gasteiger partial charge in [-0.05, 0) is 44.4 Å². The van der Waals surface area contributed by atoms with Crippen LogP contribution in [0.5, 0.6) is 0 Å². The maximum atomic E-state index is 12.1. The lowest BCUT2D eigenvalue weighted by atomic mass is 9.86. The largest absolute Gasteiger partial charge is 0.364 e. The SMILES string of the molecule is CC1(C)C(=O)Nc2cc(Nc3nc4c(NC5CC(N)C5)nccn4n3)ccc21. The number of carbonyl (C=O) groups excluding carboxylic acids is 1. The highest BCUT2D eigenvalue weighted by Gasteiger charge is 2.38. The van der Waals surface area contributed by atoms with Crippen molar-refractivity contribution in [2.75, 3.05) is 16.0 Å². The van der Waals surface area contributed by atoms with E-state index in [9.17, 15) is 4.79 Å². The monoisotopic (exact) mass is 378 g/mol. The molecule has 0 spiro atoms. The second-order valence-electron chi connectivity index (χ2n) is 8.02. The summed E-state index contributed by atoms with van der Waals surface area (Å²) >= 11 is 0. The molecule has 1 amide bonds. The minimum Gasteiger partial charge on any atom is -0.364 e. The first-order valence-electron chi connectivity index (χ1n) is 9.36. The average Bonchev–Trinajstić information content (AvgIpc) is 3.12. The third-order valence-corrected chi connectivity index (χ3v) is 5.53. The predicted molar refractivity (Wildman–Crippen MR) is 107 cm³/mol. The number of nitrogens with zero attached hydrogens (tertiary/aromatic N) is 4. The molecule has 1 fully saturated rings. The van der Waals surface area contributed by atoms with Crippen molar-refractivity contribution < 1.29 is 4.79 Å². The molecule has 3 aromatic rings. The molecule has 1 aliphatic heterocycles. The minimum absolute atomic E-state index is 0.00279. The standard InChI is InChI=1S/C19H22N8O/c1-19(2)13-4-3-11(9-14(13)24-17(19)28)23-18-25-16-15(21-5-6-27(16)26-18)22-12-7-10(20)8-12/h3-6,9-10,12H,7-8,20H2,1-2H3,(H,21,22)(H,23,26)(H,24,28). The summed E-state index contributed by atoms with van der Waals surface area (Å²) in [6.45, 7) is 3.84. The van der Waals surface area contributed by atoms with Crippen LogP contribution in [0, 0.1) is 0 Å². The second-order valence-corrected chi connectivity index (χ2v) is 8.02. The summed E-state index contributed by atoms with van der Waals surface area (Å²) in [5.41, 5.74) is 8.60. The summed E-state index contributed by atoms with van der Waals surface area (Å²) in [6.07, 6.45) is 5.31. The third-order valence-electron chi connectivity index (χ3n) is 5.53. The van der Waals surface area contributed by atoms with Gasteiger partial charge >= 0.3 is 0 Å². The summed E-state index contributed by atoms with van der Waals surface area (Å²) in [5, 5.41) is 14.0. The Morgan fingerprint density at radius 2 is 2.14 bits per heavy atom. The zero-order chi connectivity index (χ0) is 19.5. The molecule has 1 aliphatic carbocycles. The van der Waals surface area contributed by atoms with Crippen molar-refractivity contribution in [1.29, 1.82) is 0 Å². The number of amides is 1. The van der Waals surface area contributed by atoms with Gasteiger partial charge in [-0.3, -0.25) is 4.79 Å². The van der Waals surface area contributed by atoms with Crippen LogP contribution in [0.4, 0.5) is 23.1 Å². The van der Waals surface area contributed by atoms with Crippen molar-refractivity contribution in [1.82, 2.24) is 19.6 Å². The number of hydrogen-bond donors (Lipinski definition) is 4. The van der Waals surface area contributed by atoms with Crippen LogP contribution in [0.25, 0.3) is 5.65 Å². The number of nitrogens with one attached hydrogen (secondary N) is 3. The van der Waals surface area contributed by atoms with Gasteiger partial charge in [0, 0.05) is 35.9 Å². The molecular formula is C19H22N8O. The van der Waals surface area contributed by atoms with Gasteiger partial charge in [-0.15, -0.1) is 5.10 Å². The molecule has 5 rings (SSSR count). The quantitative estimate of drug-likeness (QED) is 0.548. The van der Waals surface area contributed by atoms with Crippen LogP contribution in [-0.4, -0.2) is 37.6 Å². The number of rotatable bonds is 4. The summed E-state index contributed by atoms with van der Waals surface area (Å²) in [4.78, 5) is 21.1. The van der Waals surface area contributed by atoms with E-state index in [2.05, 4.69) is 31.0 Å². The second kappa shape index (κ2) is 5.90. The van der Waals surface area contributed by atoms with Crippen molar-refractivity contribution in [3.8, 4) is 0 Å². The van der Waals surface area contributed by atoms with Gasteiger partial charge in [0.1, 0.15) is 0 Å². The van der Waals surface area contributed by atoms with E-state index in [1.54, 1.807) is 16.9 Å². The highest BCUT2D eigenvalue weighted by molar-refractivity contribution is 6.06.